The molecule has 3 heteroatoms. The van der Waals surface area contributed by atoms with Crippen molar-refractivity contribution < 1.29 is 15.0 Å². The Hall–Kier alpha value is -0.570. The topological polar surface area (TPSA) is 57.5 Å². The Bertz CT molecular complexity index is 157. The van der Waals surface area contributed by atoms with Crippen molar-refractivity contribution >= 4 is 5.97 Å². The van der Waals surface area contributed by atoms with Crippen molar-refractivity contribution in [2.75, 3.05) is 6.61 Å². The van der Waals surface area contributed by atoms with Crippen molar-refractivity contribution in [1.29, 1.82) is 0 Å². The number of aliphatic carboxylic acids is 1. The van der Waals surface area contributed by atoms with Gasteiger partial charge in [0.2, 0.25) is 0 Å². The van der Waals surface area contributed by atoms with Gasteiger partial charge in [-0.2, -0.15) is 0 Å². The molecule has 2 N–H and O–H groups in total. The molecule has 0 fully saturated rings. The second-order valence-corrected chi connectivity index (χ2v) is 4.32. The van der Waals surface area contributed by atoms with Gasteiger partial charge in [0.1, 0.15) is 0 Å². The van der Waals surface area contributed by atoms with Gasteiger partial charge >= 0.3 is 5.97 Å². The van der Waals surface area contributed by atoms with Gasteiger partial charge in [-0.3, -0.25) is 4.79 Å². The van der Waals surface area contributed by atoms with Crippen molar-refractivity contribution in [1.82, 2.24) is 0 Å². The lowest BCUT2D eigenvalue weighted by molar-refractivity contribution is -0.137. The molecule has 1 atom stereocenters. The predicted molar refractivity (Wildman–Crippen MR) is 60.8 cm³/mol. The predicted octanol–water partition coefficient (Wildman–Crippen LogP) is 2.82. The van der Waals surface area contributed by atoms with Crippen molar-refractivity contribution in [2.24, 2.45) is 5.92 Å². The molecule has 1 unspecified atom stereocenters. The fraction of sp³-hybridized carbons (Fsp3) is 0.917. The van der Waals surface area contributed by atoms with Crippen molar-refractivity contribution in [3.05, 3.63) is 0 Å². The third-order valence-corrected chi connectivity index (χ3v) is 2.69. The highest BCUT2D eigenvalue weighted by atomic mass is 16.4. The summed E-state index contributed by atoms with van der Waals surface area (Å²) >= 11 is 0. The van der Waals surface area contributed by atoms with Crippen LogP contribution in [0.2, 0.25) is 0 Å². The number of carbonyl (C=O) groups is 1. The van der Waals surface area contributed by atoms with Gasteiger partial charge in [0, 0.05) is 13.0 Å². The normalized spacial score (nSPS) is 12.7. The quantitative estimate of drug-likeness (QED) is 0.552. The lowest BCUT2D eigenvalue weighted by atomic mass is 9.98. The summed E-state index contributed by atoms with van der Waals surface area (Å²) in [6, 6.07) is 0. The van der Waals surface area contributed by atoms with E-state index in [-0.39, 0.29) is 0 Å². The number of carboxylic acids is 1. The van der Waals surface area contributed by atoms with E-state index < -0.39 is 5.97 Å². The maximum atomic E-state index is 10.2. The molecule has 0 rings (SSSR count). The highest BCUT2D eigenvalue weighted by Gasteiger charge is 2.01. The summed E-state index contributed by atoms with van der Waals surface area (Å²) in [5.74, 6) is 0.00272. The Morgan fingerprint density at radius 2 is 1.67 bits per heavy atom. The lowest BCUT2D eigenvalue weighted by Crippen LogP contribution is -1.97. The van der Waals surface area contributed by atoms with Crippen LogP contribution in [0.4, 0.5) is 0 Å². The van der Waals surface area contributed by atoms with Gasteiger partial charge in [0.15, 0.2) is 0 Å². The lowest BCUT2D eigenvalue weighted by Gasteiger charge is -2.09. The maximum absolute atomic E-state index is 10.2. The molecule has 0 aliphatic heterocycles. The highest BCUT2D eigenvalue weighted by molar-refractivity contribution is 5.66. The van der Waals surface area contributed by atoms with Crippen LogP contribution in [-0.2, 0) is 4.79 Å². The average molecular weight is 216 g/mol. The van der Waals surface area contributed by atoms with E-state index in [0.29, 0.717) is 18.9 Å². The molecule has 15 heavy (non-hydrogen) atoms. The SMILES string of the molecule is CC(CCCO)CCCCCCC(=O)O. The van der Waals surface area contributed by atoms with Gasteiger partial charge in [-0.05, 0) is 25.2 Å². The number of aliphatic hydroxyl groups excluding tert-OH is 1. The van der Waals surface area contributed by atoms with E-state index in [9.17, 15) is 4.79 Å². The summed E-state index contributed by atoms with van der Waals surface area (Å²) in [5.41, 5.74) is 0. The summed E-state index contributed by atoms with van der Waals surface area (Å²) in [6.07, 6.45) is 7.67. The number of carboxylic acid groups (broad SMARTS) is 1. The smallest absolute Gasteiger partial charge is 0.303 e. The van der Waals surface area contributed by atoms with Crippen LogP contribution in [0, 0.1) is 5.92 Å². The van der Waals surface area contributed by atoms with E-state index in [1.54, 1.807) is 0 Å². The largest absolute Gasteiger partial charge is 0.481 e. The van der Waals surface area contributed by atoms with E-state index in [0.717, 1.165) is 32.1 Å². The van der Waals surface area contributed by atoms with Crippen LogP contribution in [0.15, 0.2) is 0 Å². The van der Waals surface area contributed by atoms with Crippen LogP contribution >= 0.6 is 0 Å². The number of aliphatic hydroxyl groups is 1. The minimum Gasteiger partial charge on any atom is -0.481 e. The van der Waals surface area contributed by atoms with Gasteiger partial charge in [0.25, 0.3) is 0 Å². The van der Waals surface area contributed by atoms with Crippen LogP contribution in [0.25, 0.3) is 0 Å². The van der Waals surface area contributed by atoms with Gasteiger partial charge < -0.3 is 10.2 Å². The molecular formula is C12H24O3. The molecule has 0 saturated carbocycles. The Labute approximate surface area is 92.5 Å². The Morgan fingerprint density at radius 3 is 2.27 bits per heavy atom. The molecule has 0 radical (unpaired) electrons. The first kappa shape index (κ1) is 14.4. The molecule has 0 bridgehead atoms. The number of rotatable bonds is 10. The molecule has 0 aliphatic rings. The number of hydrogen-bond acceptors (Lipinski definition) is 2. The maximum Gasteiger partial charge on any atom is 0.303 e. The molecular weight excluding hydrogens is 192 g/mol. The van der Waals surface area contributed by atoms with Crippen molar-refractivity contribution in [3.8, 4) is 0 Å². The van der Waals surface area contributed by atoms with Gasteiger partial charge in [-0.25, -0.2) is 0 Å². The highest BCUT2D eigenvalue weighted by Crippen LogP contribution is 2.15. The molecule has 90 valence electrons. The minimum absolute atomic E-state index is 0.295. The van der Waals surface area contributed by atoms with E-state index in [1.165, 1.54) is 12.8 Å². The third kappa shape index (κ3) is 11.4. The molecule has 0 saturated heterocycles. The number of unbranched alkanes of at least 4 members (excludes halogenated alkanes) is 3. The van der Waals surface area contributed by atoms with E-state index >= 15 is 0 Å². The first-order valence-electron chi connectivity index (χ1n) is 5.99. The monoisotopic (exact) mass is 216 g/mol. The second-order valence-electron chi connectivity index (χ2n) is 4.32. The molecule has 0 amide bonds. The molecule has 3 nitrogen and oxygen atoms in total. The van der Waals surface area contributed by atoms with E-state index in [4.69, 9.17) is 10.2 Å². The summed E-state index contributed by atoms with van der Waals surface area (Å²) in [4.78, 5) is 10.2. The van der Waals surface area contributed by atoms with Crippen LogP contribution < -0.4 is 0 Å². The zero-order valence-corrected chi connectivity index (χ0v) is 9.74. The minimum atomic E-state index is -0.689. The molecule has 0 aromatic carbocycles. The third-order valence-electron chi connectivity index (χ3n) is 2.69. The molecule has 0 aromatic rings. The fourth-order valence-electron chi connectivity index (χ4n) is 1.71. The summed E-state index contributed by atoms with van der Waals surface area (Å²) in [7, 11) is 0. The first-order chi connectivity index (χ1) is 7.16. The molecule has 0 spiro atoms. The molecule has 0 aliphatic carbocycles. The number of hydrogen-bond donors (Lipinski definition) is 2. The van der Waals surface area contributed by atoms with Gasteiger partial charge in [-0.1, -0.05) is 32.6 Å². The zero-order valence-electron chi connectivity index (χ0n) is 9.74. The van der Waals surface area contributed by atoms with Crippen molar-refractivity contribution in [3.63, 3.8) is 0 Å². The van der Waals surface area contributed by atoms with Gasteiger partial charge in [0.05, 0.1) is 0 Å². The summed E-state index contributed by atoms with van der Waals surface area (Å²) < 4.78 is 0. The van der Waals surface area contributed by atoms with Crippen LogP contribution in [-0.4, -0.2) is 22.8 Å². The summed E-state index contributed by atoms with van der Waals surface area (Å²) in [5, 5.41) is 17.1. The Morgan fingerprint density at radius 1 is 1.07 bits per heavy atom. The Kier molecular flexibility index (Phi) is 9.59. The van der Waals surface area contributed by atoms with E-state index in [1.807, 2.05) is 0 Å². The molecule has 0 aromatic heterocycles. The molecule has 0 heterocycles. The average Bonchev–Trinajstić information content (AvgIpc) is 2.19. The van der Waals surface area contributed by atoms with Crippen LogP contribution in [0.5, 0.6) is 0 Å². The van der Waals surface area contributed by atoms with Crippen molar-refractivity contribution in [2.45, 2.75) is 58.3 Å². The standard InChI is InChI=1S/C12H24O3/c1-11(8-6-10-13)7-4-2-3-5-9-12(14)15/h11,13H,2-10H2,1H3,(H,14,15). The van der Waals surface area contributed by atoms with Crippen LogP contribution in [0.3, 0.4) is 0 Å². The Balaban J connectivity index is 3.12. The summed E-state index contributed by atoms with van der Waals surface area (Å²) in [6.45, 7) is 2.51. The van der Waals surface area contributed by atoms with Crippen LogP contribution in [0.1, 0.15) is 58.3 Å². The van der Waals surface area contributed by atoms with E-state index in [2.05, 4.69) is 6.92 Å². The van der Waals surface area contributed by atoms with Gasteiger partial charge in [-0.15, -0.1) is 0 Å². The zero-order chi connectivity index (χ0) is 11.5. The fourth-order valence-corrected chi connectivity index (χ4v) is 1.71. The first-order valence-corrected chi connectivity index (χ1v) is 5.99. The second kappa shape index (κ2) is 9.97.